The summed E-state index contributed by atoms with van der Waals surface area (Å²) in [7, 11) is -3.28. The van der Waals surface area contributed by atoms with Crippen LogP contribution in [0.15, 0.2) is 60.0 Å². The van der Waals surface area contributed by atoms with Crippen molar-refractivity contribution in [3.05, 3.63) is 60.7 Å². The van der Waals surface area contributed by atoms with Crippen LogP contribution in [-0.4, -0.2) is 34.4 Å². The molecule has 0 saturated carbocycles. The zero-order valence-corrected chi connectivity index (χ0v) is 17.5. The maximum Gasteiger partial charge on any atom is 0.175 e. The number of aryl methyl sites for hydroxylation is 1. The van der Waals surface area contributed by atoms with E-state index in [4.69, 9.17) is 5.26 Å². The van der Waals surface area contributed by atoms with Gasteiger partial charge in [0.2, 0.25) is 0 Å². The third kappa shape index (κ3) is 3.29. The number of aromatic nitrogens is 4. The molecule has 0 fully saturated rings. The van der Waals surface area contributed by atoms with Gasteiger partial charge in [0, 0.05) is 24.0 Å². The van der Waals surface area contributed by atoms with Gasteiger partial charge in [0.25, 0.3) is 0 Å². The number of hydrogen-bond acceptors (Lipinski definition) is 7. The van der Waals surface area contributed by atoms with Crippen molar-refractivity contribution in [2.75, 3.05) is 16.5 Å². The fourth-order valence-electron chi connectivity index (χ4n) is 3.87. The van der Waals surface area contributed by atoms with E-state index in [0.29, 0.717) is 13.0 Å². The number of nitriles is 1. The van der Waals surface area contributed by atoms with E-state index >= 15 is 0 Å². The maximum absolute atomic E-state index is 11.9. The Labute approximate surface area is 178 Å². The van der Waals surface area contributed by atoms with Crippen LogP contribution in [0.2, 0.25) is 0 Å². The summed E-state index contributed by atoms with van der Waals surface area (Å²) in [5.74, 6) is 0. The molecule has 1 atom stereocenters. The lowest BCUT2D eigenvalue weighted by molar-refractivity contribution is 0.602. The summed E-state index contributed by atoms with van der Waals surface area (Å²) in [4.78, 5) is 10.0. The first-order valence-corrected chi connectivity index (χ1v) is 11.6. The van der Waals surface area contributed by atoms with Crippen LogP contribution in [0.5, 0.6) is 0 Å². The number of anilines is 3. The molecule has 0 spiro atoms. The standard InChI is InChI=1S/C21H19N7O2S/c1-31(29,30)16-5-3-14(4-6-16)21-26-18-12-24-20-17(7-9-23-20)19(18)28(21)15-11-25-27(13-15)10-2-8-22/h3-7,9,11-13,21,26H,2,10H2,1H3,(H,23,24). The van der Waals surface area contributed by atoms with Gasteiger partial charge < -0.3 is 15.2 Å². The molecular formula is C21H19N7O2S. The van der Waals surface area contributed by atoms with E-state index in [1.165, 1.54) is 6.26 Å². The van der Waals surface area contributed by atoms with Gasteiger partial charge >= 0.3 is 0 Å². The topological polar surface area (TPSA) is 120 Å². The molecule has 0 bridgehead atoms. The van der Waals surface area contributed by atoms with Crippen LogP contribution in [-0.2, 0) is 16.4 Å². The van der Waals surface area contributed by atoms with E-state index in [1.807, 2.05) is 30.6 Å². The van der Waals surface area contributed by atoms with Crippen molar-refractivity contribution in [2.45, 2.75) is 24.0 Å². The van der Waals surface area contributed by atoms with E-state index in [9.17, 15) is 8.42 Å². The van der Waals surface area contributed by atoms with Crippen LogP contribution in [0.25, 0.3) is 11.0 Å². The van der Waals surface area contributed by atoms with Crippen molar-refractivity contribution in [1.29, 1.82) is 5.26 Å². The number of fused-ring (bicyclic) bond motifs is 3. The molecule has 5 rings (SSSR count). The van der Waals surface area contributed by atoms with E-state index in [2.05, 4.69) is 31.4 Å². The Morgan fingerprint density at radius 1 is 1.19 bits per heavy atom. The largest absolute Gasteiger partial charge is 0.358 e. The van der Waals surface area contributed by atoms with Gasteiger partial charge in [-0.05, 0) is 23.8 Å². The van der Waals surface area contributed by atoms with E-state index in [-0.39, 0.29) is 11.1 Å². The van der Waals surface area contributed by atoms with Gasteiger partial charge in [-0.3, -0.25) is 4.68 Å². The van der Waals surface area contributed by atoms with Crippen molar-refractivity contribution >= 4 is 37.9 Å². The third-order valence-corrected chi connectivity index (χ3v) is 6.45. The lowest BCUT2D eigenvalue weighted by Gasteiger charge is -2.26. The molecule has 1 aliphatic rings. The van der Waals surface area contributed by atoms with Crippen LogP contribution in [0.1, 0.15) is 18.2 Å². The van der Waals surface area contributed by atoms with Crippen LogP contribution in [0.3, 0.4) is 0 Å². The molecule has 10 heteroatoms. The molecule has 3 aromatic heterocycles. The molecule has 1 unspecified atom stereocenters. The smallest absolute Gasteiger partial charge is 0.175 e. The number of sulfone groups is 1. The second-order valence-electron chi connectivity index (χ2n) is 7.39. The summed E-state index contributed by atoms with van der Waals surface area (Å²) >= 11 is 0. The molecule has 31 heavy (non-hydrogen) atoms. The monoisotopic (exact) mass is 433 g/mol. The van der Waals surface area contributed by atoms with Crippen LogP contribution < -0.4 is 10.2 Å². The van der Waals surface area contributed by atoms with Gasteiger partial charge in [0.15, 0.2) is 9.84 Å². The van der Waals surface area contributed by atoms with Crippen LogP contribution in [0, 0.1) is 11.3 Å². The maximum atomic E-state index is 11.9. The minimum atomic E-state index is -3.28. The minimum absolute atomic E-state index is 0.275. The second-order valence-corrected chi connectivity index (χ2v) is 9.40. The zero-order chi connectivity index (χ0) is 21.6. The third-order valence-electron chi connectivity index (χ3n) is 5.32. The van der Waals surface area contributed by atoms with Gasteiger partial charge in [0.1, 0.15) is 11.8 Å². The van der Waals surface area contributed by atoms with Gasteiger partial charge in [-0.15, -0.1) is 0 Å². The number of aromatic amines is 1. The van der Waals surface area contributed by atoms with Gasteiger partial charge in [-0.2, -0.15) is 10.4 Å². The van der Waals surface area contributed by atoms with Crippen molar-refractivity contribution in [3.8, 4) is 6.07 Å². The van der Waals surface area contributed by atoms with Crippen LogP contribution in [0.4, 0.5) is 17.1 Å². The Bertz CT molecular complexity index is 1410. The van der Waals surface area contributed by atoms with E-state index in [0.717, 1.165) is 33.7 Å². The molecule has 0 radical (unpaired) electrons. The molecule has 4 heterocycles. The Morgan fingerprint density at radius 2 is 2.00 bits per heavy atom. The lowest BCUT2D eigenvalue weighted by atomic mass is 10.1. The predicted octanol–water partition coefficient (Wildman–Crippen LogP) is 3.34. The molecule has 1 aliphatic heterocycles. The summed E-state index contributed by atoms with van der Waals surface area (Å²) < 4.78 is 25.5. The molecule has 0 saturated heterocycles. The fourth-order valence-corrected chi connectivity index (χ4v) is 4.50. The summed E-state index contributed by atoms with van der Waals surface area (Å²) in [6, 6.07) is 11.0. The summed E-state index contributed by atoms with van der Waals surface area (Å²) in [6.07, 6.45) is 8.60. The van der Waals surface area contributed by atoms with Gasteiger partial charge in [-0.1, -0.05) is 12.1 Å². The Hall–Kier alpha value is -3.84. The molecule has 9 nitrogen and oxygen atoms in total. The highest BCUT2D eigenvalue weighted by molar-refractivity contribution is 7.90. The number of nitrogens with zero attached hydrogens (tertiary/aromatic N) is 5. The van der Waals surface area contributed by atoms with E-state index < -0.39 is 9.84 Å². The van der Waals surface area contributed by atoms with Gasteiger partial charge in [-0.25, -0.2) is 13.4 Å². The second kappa shape index (κ2) is 7.14. The number of benzene rings is 1. The Morgan fingerprint density at radius 3 is 2.74 bits per heavy atom. The van der Waals surface area contributed by atoms with Gasteiger partial charge in [0.05, 0.1) is 53.4 Å². The number of pyridine rings is 1. The van der Waals surface area contributed by atoms with E-state index in [1.54, 1.807) is 29.2 Å². The lowest BCUT2D eigenvalue weighted by Crippen LogP contribution is -2.23. The highest BCUT2D eigenvalue weighted by atomic mass is 32.2. The molecule has 0 amide bonds. The van der Waals surface area contributed by atoms with Crippen molar-refractivity contribution in [2.24, 2.45) is 0 Å². The number of rotatable bonds is 5. The first-order valence-electron chi connectivity index (χ1n) is 9.67. The molecule has 1 aromatic carbocycles. The zero-order valence-electron chi connectivity index (χ0n) is 16.6. The highest BCUT2D eigenvalue weighted by Crippen LogP contribution is 2.48. The average molecular weight is 433 g/mol. The molecular weight excluding hydrogens is 414 g/mol. The summed E-state index contributed by atoms with van der Waals surface area (Å²) in [6.45, 7) is 0.508. The highest BCUT2D eigenvalue weighted by Gasteiger charge is 2.34. The molecule has 156 valence electrons. The first-order chi connectivity index (χ1) is 15.0. The Kier molecular flexibility index (Phi) is 4.41. The molecule has 2 N–H and O–H groups in total. The normalized spacial score (nSPS) is 15.6. The first kappa shape index (κ1) is 19.1. The van der Waals surface area contributed by atoms with Crippen molar-refractivity contribution in [3.63, 3.8) is 0 Å². The average Bonchev–Trinajstić information content (AvgIpc) is 3.48. The fraction of sp³-hybridized carbons (Fsp3) is 0.190. The number of hydrogen-bond donors (Lipinski definition) is 2. The minimum Gasteiger partial charge on any atom is -0.358 e. The quantitative estimate of drug-likeness (QED) is 0.495. The van der Waals surface area contributed by atoms with Crippen molar-refractivity contribution < 1.29 is 8.42 Å². The Balaban J connectivity index is 1.62. The number of H-pyrrole nitrogens is 1. The molecule has 4 aromatic rings. The number of nitrogens with one attached hydrogen (secondary N) is 2. The van der Waals surface area contributed by atoms with Crippen LogP contribution >= 0.6 is 0 Å². The SMILES string of the molecule is CS(=O)(=O)c1ccc(C2Nc3cnc4[nH]ccc4c3N2c2cnn(CCC#N)c2)cc1. The molecule has 0 aliphatic carbocycles. The summed E-state index contributed by atoms with van der Waals surface area (Å²) in [5, 5.41) is 17.7. The summed E-state index contributed by atoms with van der Waals surface area (Å²) in [5.41, 5.74) is 4.36. The van der Waals surface area contributed by atoms with Crippen molar-refractivity contribution in [1.82, 2.24) is 19.7 Å². The predicted molar refractivity (Wildman–Crippen MR) is 117 cm³/mol.